The van der Waals surface area contributed by atoms with Gasteiger partial charge in [0.2, 0.25) is 5.95 Å². The van der Waals surface area contributed by atoms with Gasteiger partial charge in [-0.25, -0.2) is 9.97 Å². The van der Waals surface area contributed by atoms with Crippen molar-refractivity contribution in [1.82, 2.24) is 14.9 Å². The number of anilines is 1. The highest BCUT2D eigenvalue weighted by Crippen LogP contribution is 2.21. The molecule has 1 aliphatic heterocycles. The minimum atomic E-state index is 0.772. The fraction of sp³-hybridized carbons (Fsp3) is 0.444. The van der Waals surface area contributed by atoms with Crippen molar-refractivity contribution in [3.05, 3.63) is 54.4 Å². The number of piperidine rings is 1. The van der Waals surface area contributed by atoms with E-state index in [1.54, 1.807) is 0 Å². The third kappa shape index (κ3) is 4.04. The molecule has 1 aromatic heterocycles. The highest BCUT2D eigenvalue weighted by Gasteiger charge is 2.21. The molecule has 3 rings (SSSR count). The average Bonchev–Trinajstić information content (AvgIpc) is 2.57. The maximum absolute atomic E-state index is 4.35. The molecule has 0 saturated carbocycles. The van der Waals surface area contributed by atoms with E-state index in [9.17, 15) is 0 Å². The normalized spacial score (nSPS) is 16.2. The Morgan fingerprint density at radius 1 is 1.05 bits per heavy atom. The van der Waals surface area contributed by atoms with Gasteiger partial charge in [0.15, 0.2) is 0 Å². The zero-order valence-electron chi connectivity index (χ0n) is 13.2. The molecule has 1 aliphatic rings. The summed E-state index contributed by atoms with van der Waals surface area (Å²) < 4.78 is 0. The maximum atomic E-state index is 4.35. The highest BCUT2D eigenvalue weighted by atomic mass is 15.2. The molecule has 0 atom stereocenters. The lowest BCUT2D eigenvalue weighted by atomic mass is 9.96. The van der Waals surface area contributed by atoms with E-state index in [0.717, 1.165) is 31.5 Å². The van der Waals surface area contributed by atoms with Crippen LogP contribution in [0.25, 0.3) is 0 Å². The summed E-state index contributed by atoms with van der Waals surface area (Å²) in [5.74, 6) is 1.65. The van der Waals surface area contributed by atoms with Gasteiger partial charge in [0.25, 0.3) is 0 Å². The van der Waals surface area contributed by atoms with Gasteiger partial charge in [0.05, 0.1) is 0 Å². The average molecular weight is 296 g/mol. The Kier molecular flexibility index (Phi) is 5.01. The molecule has 2 aromatic rings. The molecule has 1 fully saturated rings. The molecule has 116 valence electrons. The van der Waals surface area contributed by atoms with Gasteiger partial charge in [-0.1, -0.05) is 30.3 Å². The molecular formula is C18H24N4. The van der Waals surface area contributed by atoms with Crippen molar-refractivity contribution in [3.8, 4) is 0 Å². The second-order valence-corrected chi connectivity index (χ2v) is 6.16. The number of rotatable bonds is 5. The Morgan fingerprint density at radius 2 is 1.73 bits per heavy atom. The van der Waals surface area contributed by atoms with Gasteiger partial charge in [0, 0.05) is 38.6 Å². The first-order chi connectivity index (χ1) is 10.8. The Morgan fingerprint density at radius 3 is 2.41 bits per heavy atom. The first-order valence-electron chi connectivity index (χ1n) is 8.05. The SMILES string of the molecule is CN(Cc1ccccc1)CC1CCN(c2ncccn2)CC1. The number of benzene rings is 1. The Labute approximate surface area is 132 Å². The summed E-state index contributed by atoms with van der Waals surface area (Å²) in [4.78, 5) is 13.4. The van der Waals surface area contributed by atoms with E-state index in [0.29, 0.717) is 0 Å². The van der Waals surface area contributed by atoms with Gasteiger partial charge in [-0.15, -0.1) is 0 Å². The van der Waals surface area contributed by atoms with Crippen LogP contribution in [0.15, 0.2) is 48.8 Å². The molecule has 0 bridgehead atoms. The highest BCUT2D eigenvalue weighted by molar-refractivity contribution is 5.28. The van der Waals surface area contributed by atoms with Crippen molar-refractivity contribution in [2.45, 2.75) is 19.4 Å². The monoisotopic (exact) mass is 296 g/mol. The van der Waals surface area contributed by atoms with Crippen LogP contribution in [-0.4, -0.2) is 41.5 Å². The van der Waals surface area contributed by atoms with E-state index >= 15 is 0 Å². The molecule has 1 saturated heterocycles. The fourth-order valence-electron chi connectivity index (χ4n) is 3.17. The van der Waals surface area contributed by atoms with Crippen LogP contribution < -0.4 is 4.90 Å². The van der Waals surface area contributed by atoms with E-state index in [1.807, 2.05) is 18.5 Å². The van der Waals surface area contributed by atoms with Crippen molar-refractivity contribution >= 4 is 5.95 Å². The first kappa shape index (κ1) is 15.0. The van der Waals surface area contributed by atoms with E-state index in [-0.39, 0.29) is 0 Å². The minimum Gasteiger partial charge on any atom is -0.341 e. The van der Waals surface area contributed by atoms with Crippen LogP contribution in [0.5, 0.6) is 0 Å². The maximum Gasteiger partial charge on any atom is 0.225 e. The molecule has 4 nitrogen and oxygen atoms in total. The van der Waals surface area contributed by atoms with Crippen LogP contribution in [-0.2, 0) is 6.54 Å². The smallest absolute Gasteiger partial charge is 0.225 e. The lowest BCUT2D eigenvalue weighted by molar-refractivity contribution is 0.242. The summed E-state index contributed by atoms with van der Waals surface area (Å²) in [5.41, 5.74) is 1.39. The second-order valence-electron chi connectivity index (χ2n) is 6.16. The minimum absolute atomic E-state index is 0.772. The fourth-order valence-corrected chi connectivity index (χ4v) is 3.17. The van der Waals surface area contributed by atoms with Crippen LogP contribution in [0.4, 0.5) is 5.95 Å². The van der Waals surface area contributed by atoms with Gasteiger partial charge >= 0.3 is 0 Å². The Bertz CT molecular complexity index is 550. The van der Waals surface area contributed by atoms with Crippen LogP contribution in [0.2, 0.25) is 0 Å². The van der Waals surface area contributed by atoms with Gasteiger partial charge in [-0.05, 0) is 37.4 Å². The molecule has 0 amide bonds. The number of aromatic nitrogens is 2. The molecule has 4 heteroatoms. The molecule has 2 heterocycles. The third-order valence-electron chi connectivity index (χ3n) is 4.31. The van der Waals surface area contributed by atoms with Gasteiger partial charge < -0.3 is 9.80 Å². The van der Waals surface area contributed by atoms with Gasteiger partial charge in [0.1, 0.15) is 0 Å². The largest absolute Gasteiger partial charge is 0.341 e. The van der Waals surface area contributed by atoms with E-state index < -0.39 is 0 Å². The predicted octanol–water partition coefficient (Wildman–Crippen LogP) is 2.83. The van der Waals surface area contributed by atoms with Gasteiger partial charge in [-0.3, -0.25) is 0 Å². The number of hydrogen-bond donors (Lipinski definition) is 0. The molecule has 1 aromatic carbocycles. The van der Waals surface area contributed by atoms with E-state index in [1.165, 1.54) is 24.9 Å². The first-order valence-corrected chi connectivity index (χ1v) is 8.05. The molecule has 0 radical (unpaired) electrons. The number of hydrogen-bond acceptors (Lipinski definition) is 4. The van der Waals surface area contributed by atoms with Crippen LogP contribution in [0.3, 0.4) is 0 Å². The lowest BCUT2D eigenvalue weighted by Crippen LogP contribution is -2.38. The zero-order chi connectivity index (χ0) is 15.2. The predicted molar refractivity (Wildman–Crippen MR) is 89.7 cm³/mol. The summed E-state index contributed by atoms with van der Waals surface area (Å²) in [7, 11) is 2.22. The summed E-state index contributed by atoms with van der Waals surface area (Å²) >= 11 is 0. The quantitative estimate of drug-likeness (QED) is 0.849. The summed E-state index contributed by atoms with van der Waals surface area (Å²) in [6.07, 6.45) is 6.08. The van der Waals surface area contributed by atoms with Crippen molar-refractivity contribution in [1.29, 1.82) is 0 Å². The molecular weight excluding hydrogens is 272 g/mol. The number of nitrogens with zero attached hydrogens (tertiary/aromatic N) is 4. The molecule has 0 N–H and O–H groups in total. The molecule has 0 unspecified atom stereocenters. The second kappa shape index (κ2) is 7.36. The molecule has 0 aliphatic carbocycles. The van der Waals surface area contributed by atoms with Crippen molar-refractivity contribution in [2.24, 2.45) is 5.92 Å². The lowest BCUT2D eigenvalue weighted by Gasteiger charge is -2.33. The summed E-state index contributed by atoms with van der Waals surface area (Å²) in [6.45, 7) is 4.32. The topological polar surface area (TPSA) is 32.3 Å². The molecule has 0 spiro atoms. The van der Waals surface area contributed by atoms with Crippen molar-refractivity contribution in [2.75, 3.05) is 31.6 Å². The van der Waals surface area contributed by atoms with Crippen molar-refractivity contribution in [3.63, 3.8) is 0 Å². The summed E-state index contributed by atoms with van der Waals surface area (Å²) in [5, 5.41) is 0. The van der Waals surface area contributed by atoms with Crippen LogP contribution >= 0.6 is 0 Å². The van der Waals surface area contributed by atoms with Crippen LogP contribution in [0.1, 0.15) is 18.4 Å². The third-order valence-corrected chi connectivity index (χ3v) is 4.31. The Hall–Kier alpha value is -1.94. The Balaban J connectivity index is 1.46. The zero-order valence-corrected chi connectivity index (χ0v) is 13.2. The standard InChI is InChI=1S/C18H24N4/c1-21(14-16-6-3-2-4-7-16)15-17-8-12-22(13-9-17)18-19-10-5-11-20-18/h2-7,10-11,17H,8-9,12-15H2,1H3. The van der Waals surface area contributed by atoms with E-state index in [2.05, 4.69) is 57.1 Å². The van der Waals surface area contributed by atoms with Crippen molar-refractivity contribution < 1.29 is 0 Å². The molecule has 22 heavy (non-hydrogen) atoms. The van der Waals surface area contributed by atoms with E-state index in [4.69, 9.17) is 0 Å². The van der Waals surface area contributed by atoms with Gasteiger partial charge in [-0.2, -0.15) is 0 Å². The summed E-state index contributed by atoms with van der Waals surface area (Å²) in [6, 6.07) is 12.6. The van der Waals surface area contributed by atoms with Crippen LogP contribution in [0, 0.1) is 5.92 Å².